The maximum Gasteiger partial charge on any atom is 0.407 e. The highest BCUT2D eigenvalue weighted by Gasteiger charge is 2.25. The predicted octanol–water partition coefficient (Wildman–Crippen LogP) is 4.19. The summed E-state index contributed by atoms with van der Waals surface area (Å²) in [6, 6.07) is 4.56. The molecule has 0 aromatic heterocycles. The topological polar surface area (TPSA) is 50.8 Å². The lowest BCUT2D eigenvalue weighted by Crippen LogP contribution is -2.47. The maximum atomic E-state index is 12.0. The molecule has 1 aromatic rings. The summed E-state index contributed by atoms with van der Waals surface area (Å²) in [7, 11) is 1.71. The number of nitrogens with one attached hydrogen (secondary N) is 1. The number of nitrogens with zero attached hydrogens (tertiary/aromatic N) is 1. The molecular formula is C21H34N2O3. The smallest absolute Gasteiger partial charge is 0.407 e. The Labute approximate surface area is 158 Å². The first-order valence-electron chi connectivity index (χ1n) is 9.55. The molecule has 1 N–H and O–H groups in total. The van der Waals surface area contributed by atoms with Gasteiger partial charge in [-0.2, -0.15) is 0 Å². The summed E-state index contributed by atoms with van der Waals surface area (Å²) in [4.78, 5) is 14.5. The lowest BCUT2D eigenvalue weighted by Gasteiger charge is -2.36. The van der Waals surface area contributed by atoms with Gasteiger partial charge in [0.25, 0.3) is 0 Å². The molecule has 0 bridgehead atoms. The van der Waals surface area contributed by atoms with E-state index >= 15 is 0 Å². The lowest BCUT2D eigenvalue weighted by atomic mass is 9.98. The molecule has 1 aliphatic heterocycles. The molecule has 1 saturated heterocycles. The van der Waals surface area contributed by atoms with E-state index in [1.807, 2.05) is 20.8 Å². The summed E-state index contributed by atoms with van der Waals surface area (Å²) in [6.07, 6.45) is 3.18. The monoisotopic (exact) mass is 362 g/mol. The summed E-state index contributed by atoms with van der Waals surface area (Å²) < 4.78 is 10.8. The van der Waals surface area contributed by atoms with E-state index < -0.39 is 5.60 Å². The van der Waals surface area contributed by atoms with Gasteiger partial charge >= 0.3 is 6.09 Å². The molecule has 0 spiro atoms. The lowest BCUT2D eigenvalue weighted by molar-refractivity contribution is 0.0492. The van der Waals surface area contributed by atoms with Crippen LogP contribution in [0.1, 0.15) is 56.7 Å². The van der Waals surface area contributed by atoms with E-state index in [9.17, 15) is 4.79 Å². The fourth-order valence-electron chi connectivity index (χ4n) is 3.48. The summed E-state index contributed by atoms with van der Waals surface area (Å²) in [6.45, 7) is 12.5. The number of methoxy groups -OCH3 is 1. The Morgan fingerprint density at radius 3 is 2.62 bits per heavy atom. The molecule has 26 heavy (non-hydrogen) atoms. The van der Waals surface area contributed by atoms with E-state index in [4.69, 9.17) is 9.47 Å². The number of amides is 1. The SMILES string of the molecule is COc1ccc(CN2CCCCC2CNC(=O)OC(C)(C)C)c(C)c1C. The van der Waals surface area contributed by atoms with Gasteiger partial charge in [0.05, 0.1) is 7.11 Å². The second-order valence-corrected chi connectivity index (χ2v) is 8.18. The van der Waals surface area contributed by atoms with Crippen LogP contribution in [0.2, 0.25) is 0 Å². The van der Waals surface area contributed by atoms with Crippen molar-refractivity contribution in [3.05, 3.63) is 28.8 Å². The molecule has 0 radical (unpaired) electrons. The van der Waals surface area contributed by atoms with Crippen molar-refractivity contribution in [2.75, 3.05) is 20.2 Å². The zero-order valence-corrected chi connectivity index (χ0v) is 17.1. The van der Waals surface area contributed by atoms with Gasteiger partial charge in [-0.05, 0) is 76.8 Å². The molecule has 146 valence electrons. The number of rotatable bonds is 5. The average molecular weight is 363 g/mol. The first kappa shape index (κ1) is 20.6. The van der Waals surface area contributed by atoms with Gasteiger partial charge < -0.3 is 14.8 Å². The van der Waals surface area contributed by atoms with Gasteiger partial charge in [0.2, 0.25) is 0 Å². The highest BCUT2D eigenvalue weighted by atomic mass is 16.6. The minimum Gasteiger partial charge on any atom is -0.496 e. The number of hydrogen-bond donors (Lipinski definition) is 1. The average Bonchev–Trinajstić information content (AvgIpc) is 2.57. The highest BCUT2D eigenvalue weighted by molar-refractivity contribution is 5.67. The van der Waals surface area contributed by atoms with E-state index in [1.165, 1.54) is 29.5 Å². The van der Waals surface area contributed by atoms with Gasteiger partial charge in [0.1, 0.15) is 11.4 Å². The molecular weight excluding hydrogens is 328 g/mol. The van der Waals surface area contributed by atoms with Crippen LogP contribution in [0, 0.1) is 13.8 Å². The quantitative estimate of drug-likeness (QED) is 0.853. The third-order valence-corrected chi connectivity index (χ3v) is 5.07. The van der Waals surface area contributed by atoms with Crippen LogP contribution in [-0.4, -0.2) is 42.8 Å². The van der Waals surface area contributed by atoms with Crippen molar-refractivity contribution in [1.82, 2.24) is 10.2 Å². The normalized spacial score (nSPS) is 18.5. The third kappa shape index (κ3) is 5.63. The van der Waals surface area contributed by atoms with Crippen LogP contribution >= 0.6 is 0 Å². The van der Waals surface area contributed by atoms with E-state index in [0.29, 0.717) is 12.6 Å². The second kappa shape index (κ2) is 8.76. The van der Waals surface area contributed by atoms with Gasteiger partial charge in [-0.1, -0.05) is 12.5 Å². The highest BCUT2D eigenvalue weighted by Crippen LogP contribution is 2.27. The van der Waals surface area contributed by atoms with E-state index in [-0.39, 0.29) is 6.09 Å². The second-order valence-electron chi connectivity index (χ2n) is 8.18. The summed E-state index contributed by atoms with van der Waals surface area (Å²) in [5.41, 5.74) is 3.35. The van der Waals surface area contributed by atoms with Gasteiger partial charge in [0.15, 0.2) is 0 Å². The predicted molar refractivity (Wildman–Crippen MR) is 105 cm³/mol. The number of alkyl carbamates (subject to hydrolysis) is 1. The number of carbonyl (C=O) groups is 1. The number of carbonyl (C=O) groups excluding carboxylic acids is 1. The van der Waals surface area contributed by atoms with E-state index in [2.05, 4.69) is 36.2 Å². The van der Waals surface area contributed by atoms with Crippen molar-refractivity contribution in [3.63, 3.8) is 0 Å². The van der Waals surface area contributed by atoms with E-state index in [0.717, 1.165) is 25.3 Å². The van der Waals surface area contributed by atoms with Crippen molar-refractivity contribution in [1.29, 1.82) is 0 Å². The van der Waals surface area contributed by atoms with Crippen molar-refractivity contribution in [3.8, 4) is 5.75 Å². The minimum atomic E-state index is -0.464. The molecule has 1 atom stereocenters. The molecule has 1 aliphatic rings. The molecule has 0 saturated carbocycles. The Morgan fingerprint density at radius 1 is 1.23 bits per heavy atom. The van der Waals surface area contributed by atoms with E-state index in [1.54, 1.807) is 7.11 Å². The molecule has 1 heterocycles. The maximum absolute atomic E-state index is 12.0. The first-order valence-corrected chi connectivity index (χ1v) is 9.55. The number of ether oxygens (including phenoxy) is 2. The standard InChI is InChI=1S/C21H34N2O3/c1-15-16(2)19(25-6)11-10-17(15)14-23-12-8-7-9-18(23)13-22-20(24)26-21(3,4)5/h10-11,18H,7-9,12-14H2,1-6H3,(H,22,24). The van der Waals surface area contributed by atoms with Gasteiger partial charge in [0, 0.05) is 19.1 Å². The van der Waals surface area contributed by atoms with Crippen LogP contribution < -0.4 is 10.1 Å². The van der Waals surface area contributed by atoms with Gasteiger partial charge in [-0.15, -0.1) is 0 Å². The van der Waals surface area contributed by atoms with Crippen molar-refractivity contribution in [2.24, 2.45) is 0 Å². The van der Waals surface area contributed by atoms with Crippen LogP contribution in [0.25, 0.3) is 0 Å². The molecule has 1 fully saturated rings. The number of piperidine rings is 1. The summed E-state index contributed by atoms with van der Waals surface area (Å²) in [5.74, 6) is 0.938. The van der Waals surface area contributed by atoms with Gasteiger partial charge in [-0.25, -0.2) is 4.79 Å². The summed E-state index contributed by atoms with van der Waals surface area (Å²) >= 11 is 0. The molecule has 2 rings (SSSR count). The van der Waals surface area contributed by atoms with Crippen molar-refractivity contribution < 1.29 is 14.3 Å². The molecule has 0 aliphatic carbocycles. The number of benzene rings is 1. The molecule has 1 amide bonds. The number of hydrogen-bond acceptors (Lipinski definition) is 4. The van der Waals surface area contributed by atoms with Crippen LogP contribution in [0.15, 0.2) is 12.1 Å². The van der Waals surface area contributed by atoms with Crippen LogP contribution in [0.5, 0.6) is 5.75 Å². The van der Waals surface area contributed by atoms with Crippen molar-refractivity contribution in [2.45, 2.75) is 72.1 Å². The zero-order valence-electron chi connectivity index (χ0n) is 17.1. The van der Waals surface area contributed by atoms with Crippen LogP contribution in [0.3, 0.4) is 0 Å². The zero-order chi connectivity index (χ0) is 19.3. The third-order valence-electron chi connectivity index (χ3n) is 5.07. The fourth-order valence-corrected chi connectivity index (χ4v) is 3.48. The van der Waals surface area contributed by atoms with Crippen LogP contribution in [-0.2, 0) is 11.3 Å². The number of likely N-dealkylation sites (tertiary alicyclic amines) is 1. The Morgan fingerprint density at radius 2 is 1.96 bits per heavy atom. The Bertz CT molecular complexity index is 622. The Hall–Kier alpha value is -1.75. The van der Waals surface area contributed by atoms with Crippen molar-refractivity contribution >= 4 is 6.09 Å². The largest absolute Gasteiger partial charge is 0.496 e. The molecule has 5 nitrogen and oxygen atoms in total. The first-order chi connectivity index (χ1) is 12.2. The summed E-state index contributed by atoms with van der Waals surface area (Å²) in [5, 5.41) is 2.95. The molecule has 5 heteroatoms. The molecule has 1 aromatic carbocycles. The molecule has 1 unspecified atom stereocenters. The van der Waals surface area contributed by atoms with Gasteiger partial charge in [-0.3, -0.25) is 4.90 Å². The Balaban J connectivity index is 2.00. The fraction of sp³-hybridized carbons (Fsp3) is 0.667. The Kier molecular flexibility index (Phi) is 6.93. The van der Waals surface area contributed by atoms with Crippen LogP contribution in [0.4, 0.5) is 4.79 Å². The minimum absolute atomic E-state index is 0.334.